The molecule has 0 aliphatic heterocycles. The highest BCUT2D eigenvalue weighted by molar-refractivity contribution is 5.94. The molecule has 4 heteroatoms. The van der Waals surface area contributed by atoms with Gasteiger partial charge in [0.2, 0.25) is 0 Å². The summed E-state index contributed by atoms with van der Waals surface area (Å²) in [5.74, 6) is 5.26. The van der Waals surface area contributed by atoms with Gasteiger partial charge in [0.05, 0.1) is 5.56 Å². The summed E-state index contributed by atoms with van der Waals surface area (Å²) < 4.78 is 0. The number of hydrogen-bond acceptors (Lipinski definition) is 3. The normalized spacial score (nSPS) is 9.50. The number of carbonyl (C=O) groups excluding carboxylic acids is 1. The molecule has 1 rings (SSSR count). The first kappa shape index (κ1) is 14.2. The van der Waals surface area contributed by atoms with Gasteiger partial charge in [-0.05, 0) is 19.4 Å². The van der Waals surface area contributed by atoms with Crippen molar-refractivity contribution in [1.82, 2.24) is 9.88 Å². The van der Waals surface area contributed by atoms with Crippen molar-refractivity contribution in [3.8, 4) is 11.8 Å². The Hall–Kier alpha value is -1.86. The lowest BCUT2D eigenvalue weighted by Gasteiger charge is -2.19. The van der Waals surface area contributed by atoms with E-state index in [9.17, 15) is 4.79 Å². The molecule has 0 aromatic carbocycles. The van der Waals surface area contributed by atoms with Gasteiger partial charge in [-0.25, -0.2) is 0 Å². The van der Waals surface area contributed by atoms with Crippen molar-refractivity contribution in [3.05, 3.63) is 29.6 Å². The van der Waals surface area contributed by atoms with Crippen LogP contribution in [0.5, 0.6) is 0 Å². The van der Waals surface area contributed by atoms with Crippen LogP contribution in [0.25, 0.3) is 0 Å². The third-order valence-electron chi connectivity index (χ3n) is 2.46. The lowest BCUT2D eigenvalue weighted by atomic mass is 10.2. The fourth-order valence-electron chi connectivity index (χ4n) is 1.62. The molecule has 1 aromatic rings. The lowest BCUT2D eigenvalue weighted by molar-refractivity contribution is 0.0764. The molecule has 0 aliphatic rings. The van der Waals surface area contributed by atoms with Crippen molar-refractivity contribution < 1.29 is 9.90 Å². The van der Waals surface area contributed by atoms with Crippen LogP contribution in [0.4, 0.5) is 0 Å². The van der Waals surface area contributed by atoms with E-state index in [2.05, 4.69) is 16.8 Å². The Kier molecular flexibility index (Phi) is 5.89. The summed E-state index contributed by atoms with van der Waals surface area (Å²) in [5, 5.41) is 8.63. The molecule has 0 saturated heterocycles. The summed E-state index contributed by atoms with van der Waals surface area (Å²) in [6, 6.07) is 1.70. The van der Waals surface area contributed by atoms with Gasteiger partial charge in [-0.1, -0.05) is 18.8 Å². The third kappa shape index (κ3) is 3.86. The highest BCUT2D eigenvalue weighted by atomic mass is 16.2. The largest absolute Gasteiger partial charge is 0.384 e. The van der Waals surface area contributed by atoms with E-state index in [4.69, 9.17) is 5.11 Å². The molecular formula is C14H18N2O2. The molecule has 1 heterocycles. The minimum absolute atomic E-state index is 0.0282. The maximum absolute atomic E-state index is 12.2. The fourth-order valence-corrected chi connectivity index (χ4v) is 1.62. The Bertz CT molecular complexity index is 460. The van der Waals surface area contributed by atoms with Crippen molar-refractivity contribution in [2.75, 3.05) is 19.7 Å². The van der Waals surface area contributed by atoms with E-state index in [1.807, 2.05) is 13.8 Å². The summed E-state index contributed by atoms with van der Waals surface area (Å²) in [7, 11) is 0. The highest BCUT2D eigenvalue weighted by Gasteiger charge is 2.13. The van der Waals surface area contributed by atoms with Crippen LogP contribution in [-0.2, 0) is 0 Å². The zero-order valence-electron chi connectivity index (χ0n) is 10.8. The molecule has 0 unspecified atom stereocenters. The zero-order chi connectivity index (χ0) is 13.4. The number of pyridine rings is 1. The Labute approximate surface area is 108 Å². The monoisotopic (exact) mass is 246 g/mol. The minimum Gasteiger partial charge on any atom is -0.384 e. The van der Waals surface area contributed by atoms with Crippen LogP contribution >= 0.6 is 0 Å². The maximum Gasteiger partial charge on any atom is 0.255 e. The highest BCUT2D eigenvalue weighted by Crippen LogP contribution is 2.06. The van der Waals surface area contributed by atoms with Crippen LogP contribution in [0.3, 0.4) is 0 Å². The number of aliphatic hydroxyl groups excluding tert-OH is 1. The quantitative estimate of drug-likeness (QED) is 0.815. The van der Waals surface area contributed by atoms with Crippen molar-refractivity contribution in [2.45, 2.75) is 20.3 Å². The molecule has 4 nitrogen and oxygen atoms in total. The van der Waals surface area contributed by atoms with Crippen molar-refractivity contribution >= 4 is 5.91 Å². The van der Waals surface area contributed by atoms with Gasteiger partial charge in [0, 0.05) is 31.0 Å². The maximum atomic E-state index is 12.2. The molecule has 18 heavy (non-hydrogen) atoms. The van der Waals surface area contributed by atoms with Crippen LogP contribution in [0.2, 0.25) is 0 Å². The fraction of sp³-hybridized carbons (Fsp3) is 0.429. The predicted octanol–water partition coefficient (Wildman–Crippen LogP) is 1.30. The minimum atomic E-state index is -0.199. The van der Waals surface area contributed by atoms with E-state index in [0.29, 0.717) is 17.7 Å². The Morgan fingerprint density at radius 1 is 1.44 bits per heavy atom. The van der Waals surface area contributed by atoms with Gasteiger partial charge in [-0.3, -0.25) is 9.78 Å². The molecule has 0 saturated carbocycles. The van der Waals surface area contributed by atoms with Gasteiger partial charge >= 0.3 is 0 Å². The molecular weight excluding hydrogens is 228 g/mol. The van der Waals surface area contributed by atoms with Crippen LogP contribution in [0.15, 0.2) is 18.5 Å². The molecule has 1 amide bonds. The SMILES string of the molecule is CCCN(CC)C(=O)c1cncc(C#CCO)c1. The van der Waals surface area contributed by atoms with E-state index in [1.165, 1.54) is 0 Å². The van der Waals surface area contributed by atoms with Gasteiger partial charge in [-0.15, -0.1) is 0 Å². The van der Waals surface area contributed by atoms with Crippen LogP contribution in [0.1, 0.15) is 36.2 Å². The molecule has 0 radical (unpaired) electrons. The third-order valence-corrected chi connectivity index (χ3v) is 2.46. The number of amides is 1. The van der Waals surface area contributed by atoms with Crippen molar-refractivity contribution in [1.29, 1.82) is 0 Å². The van der Waals surface area contributed by atoms with Gasteiger partial charge in [0.25, 0.3) is 5.91 Å². The molecule has 0 spiro atoms. The number of aliphatic hydroxyl groups is 1. The molecule has 0 atom stereocenters. The first-order valence-corrected chi connectivity index (χ1v) is 6.07. The van der Waals surface area contributed by atoms with Crippen LogP contribution in [-0.4, -0.2) is 40.6 Å². The second-order valence-electron chi connectivity index (χ2n) is 3.81. The van der Waals surface area contributed by atoms with Crippen LogP contribution in [0, 0.1) is 11.8 Å². The number of aromatic nitrogens is 1. The topological polar surface area (TPSA) is 53.4 Å². The summed E-state index contributed by atoms with van der Waals surface area (Å²) >= 11 is 0. The summed E-state index contributed by atoms with van der Waals surface area (Å²) in [5.41, 5.74) is 1.18. The van der Waals surface area contributed by atoms with E-state index < -0.39 is 0 Å². The second kappa shape index (κ2) is 7.46. The summed E-state index contributed by atoms with van der Waals surface area (Å²) in [6.07, 6.45) is 4.05. The molecule has 0 fully saturated rings. The van der Waals surface area contributed by atoms with Gasteiger partial charge in [0.1, 0.15) is 6.61 Å². The smallest absolute Gasteiger partial charge is 0.255 e. The lowest BCUT2D eigenvalue weighted by Crippen LogP contribution is -2.31. The molecule has 0 bridgehead atoms. The van der Waals surface area contributed by atoms with E-state index >= 15 is 0 Å². The Morgan fingerprint density at radius 3 is 2.83 bits per heavy atom. The summed E-state index contributed by atoms with van der Waals surface area (Å²) in [4.78, 5) is 18.0. The first-order chi connectivity index (χ1) is 8.72. The number of rotatable bonds is 4. The van der Waals surface area contributed by atoms with Gasteiger partial charge in [-0.2, -0.15) is 0 Å². The van der Waals surface area contributed by atoms with Crippen LogP contribution < -0.4 is 0 Å². The van der Waals surface area contributed by atoms with E-state index in [1.54, 1.807) is 23.4 Å². The number of nitrogens with zero attached hydrogens (tertiary/aromatic N) is 2. The van der Waals surface area contributed by atoms with Gasteiger partial charge < -0.3 is 10.0 Å². The molecule has 0 aliphatic carbocycles. The predicted molar refractivity (Wildman–Crippen MR) is 70.1 cm³/mol. The summed E-state index contributed by atoms with van der Waals surface area (Å²) in [6.45, 7) is 5.21. The van der Waals surface area contributed by atoms with E-state index in [0.717, 1.165) is 13.0 Å². The Morgan fingerprint density at radius 2 is 2.22 bits per heavy atom. The zero-order valence-corrected chi connectivity index (χ0v) is 10.8. The second-order valence-corrected chi connectivity index (χ2v) is 3.81. The van der Waals surface area contributed by atoms with E-state index in [-0.39, 0.29) is 12.5 Å². The average Bonchev–Trinajstić information content (AvgIpc) is 2.42. The molecule has 1 N–H and O–H groups in total. The number of carbonyl (C=O) groups is 1. The van der Waals surface area contributed by atoms with Gasteiger partial charge in [0.15, 0.2) is 0 Å². The Balaban J connectivity index is 2.91. The first-order valence-electron chi connectivity index (χ1n) is 6.07. The molecule has 96 valence electrons. The average molecular weight is 246 g/mol. The standard InChI is InChI=1S/C14H18N2O2/c1-3-7-16(4-2)14(18)13-9-12(6-5-8-17)10-15-11-13/h9-11,17H,3-4,7-8H2,1-2H3. The van der Waals surface area contributed by atoms with Crippen molar-refractivity contribution in [3.63, 3.8) is 0 Å². The molecule has 1 aromatic heterocycles. The van der Waals surface area contributed by atoms with Crippen molar-refractivity contribution in [2.24, 2.45) is 0 Å². The number of hydrogen-bond donors (Lipinski definition) is 1.